The van der Waals surface area contributed by atoms with Crippen LogP contribution in [0.2, 0.25) is 0 Å². The first-order chi connectivity index (χ1) is 11.4. The van der Waals surface area contributed by atoms with Gasteiger partial charge in [-0.25, -0.2) is 0 Å². The van der Waals surface area contributed by atoms with Crippen LogP contribution < -0.4 is 16.0 Å². The van der Waals surface area contributed by atoms with Gasteiger partial charge in [0.1, 0.15) is 5.82 Å². The summed E-state index contributed by atoms with van der Waals surface area (Å²) in [7, 11) is 1.76. The maximum Gasteiger partial charge on any atom is 0.255 e. The summed E-state index contributed by atoms with van der Waals surface area (Å²) in [5, 5.41) is 3.74. The van der Waals surface area contributed by atoms with Gasteiger partial charge in [-0.1, -0.05) is 13.8 Å². The Labute approximate surface area is 141 Å². The molecule has 0 spiro atoms. The van der Waals surface area contributed by atoms with E-state index in [2.05, 4.69) is 10.3 Å². The number of nitrogen functional groups attached to an aromatic ring is 1. The van der Waals surface area contributed by atoms with Gasteiger partial charge in [-0.05, 0) is 37.0 Å². The van der Waals surface area contributed by atoms with Crippen LogP contribution in [0.25, 0.3) is 10.9 Å². The number of carbonyl (C=O) groups excluding carboxylic acids is 2. The summed E-state index contributed by atoms with van der Waals surface area (Å²) in [6.45, 7) is 4.04. The van der Waals surface area contributed by atoms with Crippen molar-refractivity contribution in [3.05, 3.63) is 23.8 Å². The third kappa shape index (κ3) is 3.22. The predicted molar refractivity (Wildman–Crippen MR) is 96.1 cm³/mol. The lowest BCUT2D eigenvalue weighted by Gasteiger charge is -2.18. The fraction of sp³-hybridized carbons (Fsp3) is 0.444. The van der Waals surface area contributed by atoms with E-state index in [-0.39, 0.29) is 17.9 Å². The van der Waals surface area contributed by atoms with Crippen LogP contribution in [0.5, 0.6) is 0 Å². The average Bonchev–Trinajstić information content (AvgIpc) is 3.24. The first-order valence-corrected chi connectivity index (χ1v) is 8.35. The zero-order chi connectivity index (χ0) is 17.4. The zero-order valence-corrected chi connectivity index (χ0v) is 14.3. The van der Waals surface area contributed by atoms with E-state index >= 15 is 0 Å². The van der Waals surface area contributed by atoms with Crippen LogP contribution in [-0.4, -0.2) is 29.9 Å². The van der Waals surface area contributed by atoms with Crippen molar-refractivity contribution in [2.75, 3.05) is 17.7 Å². The van der Waals surface area contributed by atoms with E-state index in [1.165, 1.54) is 0 Å². The Hall–Kier alpha value is -2.50. The summed E-state index contributed by atoms with van der Waals surface area (Å²) in [6.07, 6.45) is 2.55. The molecular formula is C18H24N4O2. The van der Waals surface area contributed by atoms with Crippen molar-refractivity contribution in [1.82, 2.24) is 10.3 Å². The Morgan fingerprint density at radius 3 is 2.71 bits per heavy atom. The number of carbonyl (C=O) groups is 2. The highest BCUT2D eigenvalue weighted by atomic mass is 16.2. The lowest BCUT2D eigenvalue weighted by atomic mass is 10.1. The fourth-order valence-electron chi connectivity index (χ4n) is 2.77. The SMILES string of the molecule is CC(C)CC(=O)N(C)c1ccc2c(C(=O)NC3CC3)c(N)[nH]c2c1. The van der Waals surface area contributed by atoms with Crippen molar-refractivity contribution in [2.45, 2.75) is 39.2 Å². The second-order valence-corrected chi connectivity index (χ2v) is 6.94. The Balaban J connectivity index is 1.89. The topological polar surface area (TPSA) is 91.2 Å². The molecule has 1 aromatic carbocycles. The maximum atomic E-state index is 12.4. The van der Waals surface area contributed by atoms with Crippen LogP contribution in [0, 0.1) is 5.92 Å². The Morgan fingerprint density at radius 2 is 2.08 bits per heavy atom. The molecule has 4 N–H and O–H groups in total. The number of benzene rings is 1. The van der Waals surface area contributed by atoms with Gasteiger partial charge in [-0.2, -0.15) is 0 Å². The molecule has 0 radical (unpaired) electrons. The third-order valence-corrected chi connectivity index (χ3v) is 4.30. The molecule has 2 aromatic rings. The molecule has 6 heteroatoms. The quantitative estimate of drug-likeness (QED) is 0.788. The molecule has 0 bridgehead atoms. The van der Waals surface area contributed by atoms with Crippen molar-refractivity contribution in [3.63, 3.8) is 0 Å². The Morgan fingerprint density at radius 1 is 1.38 bits per heavy atom. The highest BCUT2D eigenvalue weighted by Crippen LogP contribution is 2.29. The number of aromatic nitrogens is 1. The number of aromatic amines is 1. The van der Waals surface area contributed by atoms with E-state index in [0.29, 0.717) is 23.7 Å². The van der Waals surface area contributed by atoms with E-state index < -0.39 is 0 Å². The van der Waals surface area contributed by atoms with Crippen LogP contribution in [0.3, 0.4) is 0 Å². The van der Waals surface area contributed by atoms with Crippen molar-refractivity contribution in [2.24, 2.45) is 5.92 Å². The molecule has 2 amide bonds. The first kappa shape index (κ1) is 16.4. The van der Waals surface area contributed by atoms with Gasteiger partial charge in [0.25, 0.3) is 5.91 Å². The minimum Gasteiger partial charge on any atom is -0.385 e. The molecule has 24 heavy (non-hydrogen) atoms. The summed E-state index contributed by atoms with van der Waals surface area (Å²) in [4.78, 5) is 29.3. The highest BCUT2D eigenvalue weighted by Gasteiger charge is 2.26. The molecule has 0 aliphatic heterocycles. The van der Waals surface area contributed by atoms with Gasteiger partial charge in [0.05, 0.1) is 5.56 Å². The third-order valence-electron chi connectivity index (χ3n) is 4.30. The summed E-state index contributed by atoms with van der Waals surface area (Å²) in [5.41, 5.74) is 8.03. The minimum atomic E-state index is -0.141. The van der Waals surface area contributed by atoms with E-state index in [9.17, 15) is 9.59 Å². The van der Waals surface area contributed by atoms with E-state index in [4.69, 9.17) is 5.73 Å². The van der Waals surface area contributed by atoms with E-state index in [0.717, 1.165) is 29.4 Å². The molecule has 3 rings (SSSR count). The number of nitrogens with zero attached hydrogens (tertiary/aromatic N) is 1. The zero-order valence-electron chi connectivity index (χ0n) is 14.3. The monoisotopic (exact) mass is 328 g/mol. The van der Waals surface area contributed by atoms with Gasteiger partial charge in [0.2, 0.25) is 5.91 Å². The number of fused-ring (bicyclic) bond motifs is 1. The minimum absolute atomic E-state index is 0.0653. The first-order valence-electron chi connectivity index (χ1n) is 8.35. The van der Waals surface area contributed by atoms with Crippen molar-refractivity contribution in [1.29, 1.82) is 0 Å². The van der Waals surface area contributed by atoms with Gasteiger partial charge in [0, 0.05) is 36.1 Å². The predicted octanol–water partition coefficient (Wildman–Crippen LogP) is 2.65. The molecular weight excluding hydrogens is 304 g/mol. The molecule has 128 valence electrons. The smallest absolute Gasteiger partial charge is 0.255 e. The van der Waals surface area contributed by atoms with Crippen molar-refractivity contribution in [3.8, 4) is 0 Å². The number of hydrogen-bond donors (Lipinski definition) is 3. The Bertz CT molecular complexity index is 790. The fourth-order valence-corrected chi connectivity index (χ4v) is 2.77. The van der Waals surface area contributed by atoms with E-state index in [1.54, 1.807) is 11.9 Å². The number of anilines is 2. The number of H-pyrrole nitrogens is 1. The molecule has 1 aliphatic carbocycles. The van der Waals surface area contributed by atoms with Crippen LogP contribution in [-0.2, 0) is 4.79 Å². The van der Waals surface area contributed by atoms with Crippen LogP contribution in [0.4, 0.5) is 11.5 Å². The van der Waals surface area contributed by atoms with Gasteiger partial charge in [-0.3, -0.25) is 9.59 Å². The highest BCUT2D eigenvalue weighted by molar-refractivity contribution is 6.12. The molecule has 6 nitrogen and oxygen atoms in total. The van der Waals surface area contributed by atoms with Gasteiger partial charge >= 0.3 is 0 Å². The molecule has 1 heterocycles. The lowest BCUT2D eigenvalue weighted by molar-refractivity contribution is -0.119. The maximum absolute atomic E-state index is 12.4. The summed E-state index contributed by atoms with van der Waals surface area (Å²) in [6, 6.07) is 5.83. The second kappa shape index (κ2) is 6.19. The largest absolute Gasteiger partial charge is 0.385 e. The number of nitrogens with two attached hydrogens (primary N) is 1. The van der Waals surface area contributed by atoms with E-state index in [1.807, 2.05) is 32.0 Å². The summed E-state index contributed by atoms with van der Waals surface area (Å²) in [5.74, 6) is 0.591. The van der Waals surface area contributed by atoms with Gasteiger partial charge < -0.3 is 20.9 Å². The number of nitrogens with one attached hydrogen (secondary N) is 2. The molecule has 1 saturated carbocycles. The summed E-state index contributed by atoms with van der Waals surface area (Å²) >= 11 is 0. The molecule has 1 fully saturated rings. The van der Waals surface area contributed by atoms with Crippen LogP contribution in [0.1, 0.15) is 43.5 Å². The molecule has 0 atom stereocenters. The van der Waals surface area contributed by atoms with Crippen molar-refractivity contribution >= 4 is 34.2 Å². The number of rotatable bonds is 5. The molecule has 1 aliphatic rings. The summed E-state index contributed by atoms with van der Waals surface area (Å²) < 4.78 is 0. The van der Waals surface area contributed by atoms with Gasteiger partial charge in [0.15, 0.2) is 0 Å². The molecule has 0 saturated heterocycles. The number of hydrogen-bond acceptors (Lipinski definition) is 3. The van der Waals surface area contributed by atoms with Gasteiger partial charge in [-0.15, -0.1) is 0 Å². The van der Waals surface area contributed by atoms with Crippen LogP contribution in [0.15, 0.2) is 18.2 Å². The number of amides is 2. The second-order valence-electron chi connectivity index (χ2n) is 6.94. The normalized spacial score (nSPS) is 14.2. The average molecular weight is 328 g/mol. The van der Waals surface area contributed by atoms with Crippen LogP contribution >= 0.6 is 0 Å². The molecule has 1 aromatic heterocycles. The Kier molecular flexibility index (Phi) is 4.22. The standard InChI is InChI=1S/C18H24N4O2/c1-10(2)8-15(23)22(3)12-6-7-13-14(9-12)21-17(19)16(13)18(24)20-11-4-5-11/h6-7,9-11,21H,4-5,8,19H2,1-3H3,(H,20,24). The lowest BCUT2D eigenvalue weighted by Crippen LogP contribution is -2.27. The van der Waals surface area contributed by atoms with Crippen molar-refractivity contribution < 1.29 is 9.59 Å². The molecule has 0 unspecified atom stereocenters.